The lowest BCUT2D eigenvalue weighted by atomic mass is 10.2. The number of aromatic nitrogens is 2. The van der Waals surface area contributed by atoms with Crippen molar-refractivity contribution in [2.24, 2.45) is 0 Å². The van der Waals surface area contributed by atoms with E-state index in [1.807, 2.05) is 0 Å². The van der Waals surface area contributed by atoms with E-state index in [1.165, 1.54) is 6.33 Å². The normalized spacial score (nSPS) is 19.2. The summed E-state index contributed by atoms with van der Waals surface area (Å²) in [6.07, 6.45) is 1.48. The van der Waals surface area contributed by atoms with Crippen LogP contribution in [0.2, 0.25) is 0 Å². The topological polar surface area (TPSA) is 25.8 Å². The Bertz CT molecular complexity index is 323. The number of alkyl halides is 2. The van der Waals surface area contributed by atoms with Gasteiger partial charge in [-0.05, 0) is 13.3 Å². The highest BCUT2D eigenvalue weighted by Crippen LogP contribution is 2.40. The van der Waals surface area contributed by atoms with Crippen LogP contribution < -0.4 is 0 Å². The molecule has 2 nitrogen and oxygen atoms in total. The maximum absolute atomic E-state index is 13.0. The maximum Gasteiger partial charge on any atom is 0.290 e. The third-order valence-corrected chi connectivity index (χ3v) is 2.20. The van der Waals surface area contributed by atoms with Gasteiger partial charge in [-0.1, -0.05) is 0 Å². The molecule has 1 aromatic heterocycles. The lowest BCUT2D eigenvalue weighted by molar-refractivity contribution is -0.00601. The Kier molecular flexibility index (Phi) is 1.40. The number of rotatable bonds is 0. The second kappa shape index (κ2) is 2.21. The van der Waals surface area contributed by atoms with Gasteiger partial charge in [-0.2, -0.15) is 8.78 Å². The molecule has 0 unspecified atom stereocenters. The minimum absolute atomic E-state index is 0.0741. The fourth-order valence-corrected chi connectivity index (χ4v) is 1.52. The van der Waals surface area contributed by atoms with Crippen LogP contribution in [0.1, 0.15) is 23.4 Å². The number of nitrogens with zero attached hydrogens (tertiary/aromatic N) is 2. The van der Waals surface area contributed by atoms with Crippen LogP contribution in [0.5, 0.6) is 0 Å². The van der Waals surface area contributed by atoms with Crippen LogP contribution in [0.3, 0.4) is 0 Å². The Labute approximate surface area is 68.7 Å². The minimum Gasteiger partial charge on any atom is -0.241 e. The van der Waals surface area contributed by atoms with Crippen LogP contribution in [0.25, 0.3) is 0 Å². The standard InChI is InChI=1S/C8H8F2N2/c1-5-6-2-3-8(9,10)7(6)12-4-11-5/h4H,2-3H2,1H3. The van der Waals surface area contributed by atoms with Gasteiger partial charge in [0, 0.05) is 17.7 Å². The van der Waals surface area contributed by atoms with Crippen molar-refractivity contribution in [2.75, 3.05) is 0 Å². The molecular weight excluding hydrogens is 162 g/mol. The third kappa shape index (κ3) is 0.906. The second-order valence-electron chi connectivity index (χ2n) is 2.99. The summed E-state index contributed by atoms with van der Waals surface area (Å²) in [5.41, 5.74) is 1.23. The molecule has 0 N–H and O–H groups in total. The number of halogens is 2. The molecule has 0 amide bonds. The second-order valence-corrected chi connectivity index (χ2v) is 2.99. The lowest BCUT2D eigenvalue weighted by Crippen LogP contribution is -2.10. The molecular formula is C8H8F2N2. The molecule has 64 valence electrons. The Morgan fingerprint density at radius 2 is 2.17 bits per heavy atom. The van der Waals surface area contributed by atoms with Crippen LogP contribution in [-0.2, 0) is 12.3 Å². The summed E-state index contributed by atoms with van der Waals surface area (Å²) >= 11 is 0. The fraction of sp³-hybridized carbons (Fsp3) is 0.500. The van der Waals surface area contributed by atoms with Crippen molar-refractivity contribution < 1.29 is 8.78 Å². The van der Waals surface area contributed by atoms with E-state index in [0.29, 0.717) is 17.7 Å². The Hall–Kier alpha value is -1.06. The highest BCUT2D eigenvalue weighted by Gasteiger charge is 2.41. The van der Waals surface area contributed by atoms with Crippen molar-refractivity contribution in [1.82, 2.24) is 9.97 Å². The summed E-state index contributed by atoms with van der Waals surface area (Å²) in [6, 6.07) is 0. The smallest absolute Gasteiger partial charge is 0.241 e. The summed E-state index contributed by atoms with van der Waals surface area (Å²) in [6.45, 7) is 1.74. The van der Waals surface area contributed by atoms with Gasteiger partial charge in [0.1, 0.15) is 12.0 Å². The van der Waals surface area contributed by atoms with Gasteiger partial charge in [0.25, 0.3) is 5.92 Å². The number of hydrogen-bond donors (Lipinski definition) is 0. The van der Waals surface area contributed by atoms with Crippen molar-refractivity contribution in [1.29, 1.82) is 0 Å². The van der Waals surface area contributed by atoms with Gasteiger partial charge in [-0.3, -0.25) is 0 Å². The molecule has 0 saturated carbocycles. The van der Waals surface area contributed by atoms with E-state index in [1.54, 1.807) is 6.92 Å². The molecule has 12 heavy (non-hydrogen) atoms. The predicted molar refractivity (Wildman–Crippen MR) is 39.0 cm³/mol. The number of fused-ring (bicyclic) bond motifs is 1. The Balaban J connectivity index is 2.61. The zero-order chi connectivity index (χ0) is 8.77. The van der Waals surface area contributed by atoms with Crippen LogP contribution in [0.4, 0.5) is 8.78 Å². The molecule has 2 rings (SSSR count). The summed E-state index contributed by atoms with van der Waals surface area (Å²) in [7, 11) is 0. The molecule has 0 bridgehead atoms. The van der Waals surface area contributed by atoms with Crippen LogP contribution in [-0.4, -0.2) is 9.97 Å². The zero-order valence-corrected chi connectivity index (χ0v) is 6.64. The van der Waals surface area contributed by atoms with Gasteiger partial charge in [-0.15, -0.1) is 0 Å². The molecule has 1 aliphatic carbocycles. The Morgan fingerprint density at radius 1 is 1.42 bits per heavy atom. The first-order valence-electron chi connectivity index (χ1n) is 3.80. The summed E-state index contributed by atoms with van der Waals surface area (Å²) in [5, 5.41) is 0. The van der Waals surface area contributed by atoms with Gasteiger partial charge in [0.15, 0.2) is 0 Å². The predicted octanol–water partition coefficient (Wildman–Crippen LogP) is 1.82. The highest BCUT2D eigenvalue weighted by atomic mass is 19.3. The van der Waals surface area contributed by atoms with Gasteiger partial charge in [-0.25, -0.2) is 9.97 Å². The minimum atomic E-state index is -2.73. The lowest BCUT2D eigenvalue weighted by Gasteiger charge is -2.07. The van der Waals surface area contributed by atoms with Crippen LogP contribution in [0.15, 0.2) is 6.33 Å². The van der Waals surface area contributed by atoms with E-state index in [2.05, 4.69) is 9.97 Å². The highest BCUT2D eigenvalue weighted by molar-refractivity contribution is 5.31. The zero-order valence-electron chi connectivity index (χ0n) is 6.64. The van der Waals surface area contributed by atoms with E-state index in [0.717, 1.165) is 0 Å². The van der Waals surface area contributed by atoms with E-state index in [-0.39, 0.29) is 12.1 Å². The molecule has 0 saturated heterocycles. The number of aryl methyl sites for hydroxylation is 1. The quantitative estimate of drug-likeness (QED) is 0.593. The largest absolute Gasteiger partial charge is 0.290 e. The molecule has 0 aromatic carbocycles. The first kappa shape index (κ1) is 7.58. The summed E-state index contributed by atoms with van der Waals surface area (Å²) in [5.74, 6) is -2.73. The average Bonchev–Trinajstić information content (AvgIpc) is 2.30. The summed E-state index contributed by atoms with van der Waals surface area (Å²) in [4.78, 5) is 7.48. The van der Waals surface area contributed by atoms with Gasteiger partial charge < -0.3 is 0 Å². The molecule has 0 radical (unpaired) electrons. The van der Waals surface area contributed by atoms with Crippen LogP contribution >= 0.6 is 0 Å². The fourth-order valence-electron chi connectivity index (χ4n) is 1.52. The van der Waals surface area contributed by atoms with E-state index >= 15 is 0 Å². The van der Waals surface area contributed by atoms with Gasteiger partial charge in [0.2, 0.25) is 0 Å². The van der Waals surface area contributed by atoms with Gasteiger partial charge >= 0.3 is 0 Å². The van der Waals surface area contributed by atoms with Crippen LogP contribution in [0, 0.1) is 6.92 Å². The van der Waals surface area contributed by atoms with E-state index < -0.39 is 5.92 Å². The molecule has 1 heterocycles. The summed E-state index contributed by atoms with van der Waals surface area (Å²) < 4.78 is 26.1. The molecule has 1 aromatic rings. The Morgan fingerprint density at radius 3 is 2.83 bits per heavy atom. The maximum atomic E-state index is 13.0. The van der Waals surface area contributed by atoms with Crippen molar-refractivity contribution in [3.05, 3.63) is 23.3 Å². The molecule has 0 atom stereocenters. The molecule has 4 heteroatoms. The van der Waals surface area contributed by atoms with Crippen molar-refractivity contribution in [3.63, 3.8) is 0 Å². The third-order valence-electron chi connectivity index (χ3n) is 2.20. The average molecular weight is 170 g/mol. The SMILES string of the molecule is Cc1ncnc2c1CCC2(F)F. The monoisotopic (exact) mass is 170 g/mol. The van der Waals surface area contributed by atoms with E-state index in [9.17, 15) is 8.78 Å². The number of hydrogen-bond acceptors (Lipinski definition) is 2. The molecule has 0 spiro atoms. The van der Waals surface area contributed by atoms with Crippen molar-refractivity contribution in [2.45, 2.75) is 25.7 Å². The molecule has 0 fully saturated rings. The molecule has 0 aliphatic heterocycles. The first-order valence-corrected chi connectivity index (χ1v) is 3.80. The van der Waals surface area contributed by atoms with Crippen molar-refractivity contribution in [3.8, 4) is 0 Å². The van der Waals surface area contributed by atoms with Crippen molar-refractivity contribution >= 4 is 0 Å². The van der Waals surface area contributed by atoms with Gasteiger partial charge in [0.05, 0.1) is 0 Å². The first-order chi connectivity index (χ1) is 5.61. The molecule has 1 aliphatic rings. The van der Waals surface area contributed by atoms with E-state index in [4.69, 9.17) is 0 Å².